The first-order valence-corrected chi connectivity index (χ1v) is 6.07. The van der Waals surface area contributed by atoms with Crippen molar-refractivity contribution in [2.75, 3.05) is 25.5 Å². The number of piperidine rings is 1. The number of carbonyl (C=O) groups is 1. The number of ether oxygens (including phenoxy) is 1. The second kappa shape index (κ2) is 5.66. The largest absolute Gasteiger partial charge is 0.478 e. The molecule has 18 heavy (non-hydrogen) atoms. The van der Waals surface area contributed by atoms with Gasteiger partial charge in [0.15, 0.2) is 5.82 Å². The first-order chi connectivity index (χ1) is 8.70. The zero-order chi connectivity index (χ0) is 13.0. The van der Waals surface area contributed by atoms with Gasteiger partial charge in [-0.15, -0.1) is 0 Å². The Morgan fingerprint density at radius 2 is 2.28 bits per heavy atom. The number of anilines is 1. The van der Waals surface area contributed by atoms with Gasteiger partial charge in [-0.3, -0.25) is 4.79 Å². The van der Waals surface area contributed by atoms with Gasteiger partial charge in [0.25, 0.3) is 5.88 Å². The quantitative estimate of drug-likeness (QED) is 0.863. The maximum Gasteiger partial charge on any atom is 0.257 e. The van der Waals surface area contributed by atoms with Gasteiger partial charge in [-0.25, -0.2) is 9.97 Å². The number of nitrogens with one attached hydrogen (secondary N) is 1. The summed E-state index contributed by atoms with van der Waals surface area (Å²) in [7, 11) is 1.57. The average Bonchev–Trinajstić information content (AvgIpc) is 2.39. The normalized spacial score (nSPS) is 19.4. The lowest BCUT2D eigenvalue weighted by molar-refractivity contribution is -0.129. The average molecular weight is 250 g/mol. The first-order valence-electron chi connectivity index (χ1n) is 6.07. The molecule has 2 rings (SSSR count). The summed E-state index contributed by atoms with van der Waals surface area (Å²) in [4.78, 5) is 21.5. The molecule has 1 saturated heterocycles. The van der Waals surface area contributed by atoms with Crippen LogP contribution in [0.5, 0.6) is 5.88 Å². The minimum absolute atomic E-state index is 0.118. The predicted molar refractivity (Wildman–Crippen MR) is 67.5 cm³/mol. The third-order valence-electron chi connectivity index (χ3n) is 3.07. The van der Waals surface area contributed by atoms with Gasteiger partial charge in [0.2, 0.25) is 5.91 Å². The lowest BCUT2D eigenvalue weighted by atomic mass is 10.1. The molecule has 98 valence electrons. The van der Waals surface area contributed by atoms with E-state index in [4.69, 9.17) is 4.74 Å². The summed E-state index contributed by atoms with van der Waals surface area (Å²) in [6.07, 6.45) is 5.23. The summed E-state index contributed by atoms with van der Waals surface area (Å²) >= 11 is 0. The molecule has 6 heteroatoms. The maximum absolute atomic E-state index is 11.4. The number of carbonyl (C=O) groups excluding carboxylic acids is 1. The Morgan fingerprint density at radius 1 is 1.50 bits per heavy atom. The van der Waals surface area contributed by atoms with Crippen molar-refractivity contribution in [1.29, 1.82) is 0 Å². The van der Waals surface area contributed by atoms with Crippen LogP contribution in [-0.4, -0.2) is 47.0 Å². The Hall–Kier alpha value is -1.85. The molecule has 1 N–H and O–H groups in total. The molecule has 2 heterocycles. The first kappa shape index (κ1) is 12.6. The second-order valence-electron chi connectivity index (χ2n) is 4.36. The Kier molecular flexibility index (Phi) is 3.96. The Bertz CT molecular complexity index is 424. The molecular formula is C12H18N4O2. The highest BCUT2D eigenvalue weighted by molar-refractivity contribution is 5.73. The Morgan fingerprint density at radius 3 is 3.00 bits per heavy atom. The van der Waals surface area contributed by atoms with E-state index in [1.54, 1.807) is 26.4 Å². The maximum atomic E-state index is 11.4. The number of hydrogen-bond donors (Lipinski definition) is 1. The van der Waals surface area contributed by atoms with Crippen molar-refractivity contribution in [2.24, 2.45) is 0 Å². The van der Waals surface area contributed by atoms with Gasteiger partial charge in [0, 0.05) is 38.4 Å². The molecule has 0 unspecified atom stereocenters. The molecule has 1 aliphatic rings. The Labute approximate surface area is 106 Å². The van der Waals surface area contributed by atoms with Crippen LogP contribution in [0.3, 0.4) is 0 Å². The van der Waals surface area contributed by atoms with Crippen LogP contribution in [0.15, 0.2) is 12.4 Å². The van der Waals surface area contributed by atoms with Crippen LogP contribution < -0.4 is 10.1 Å². The third-order valence-corrected chi connectivity index (χ3v) is 3.07. The molecule has 1 fully saturated rings. The molecule has 1 amide bonds. The summed E-state index contributed by atoms with van der Waals surface area (Å²) in [5.74, 6) is 1.24. The van der Waals surface area contributed by atoms with Crippen molar-refractivity contribution in [1.82, 2.24) is 14.9 Å². The summed E-state index contributed by atoms with van der Waals surface area (Å²) in [6, 6.07) is 0.202. The topological polar surface area (TPSA) is 67.4 Å². The van der Waals surface area contributed by atoms with Crippen LogP contribution in [0.4, 0.5) is 5.82 Å². The summed E-state index contributed by atoms with van der Waals surface area (Å²) in [6.45, 7) is 3.14. The number of methoxy groups -OCH3 is 1. The highest BCUT2D eigenvalue weighted by Crippen LogP contribution is 2.20. The fourth-order valence-electron chi connectivity index (χ4n) is 2.15. The van der Waals surface area contributed by atoms with Gasteiger partial charge in [-0.2, -0.15) is 0 Å². The van der Waals surface area contributed by atoms with E-state index >= 15 is 0 Å². The standard InChI is InChI=1S/C12H18N4O2/c1-9(17)16-7-3-4-10(8-16)15-11-12(18-2)14-6-5-13-11/h5-6,10H,3-4,7-8H2,1-2H3,(H,13,15)/t10-/m1/s1. The molecule has 0 aromatic carbocycles. The third kappa shape index (κ3) is 2.88. The lowest BCUT2D eigenvalue weighted by Crippen LogP contribution is -2.44. The zero-order valence-electron chi connectivity index (χ0n) is 10.7. The highest BCUT2D eigenvalue weighted by Gasteiger charge is 2.22. The molecule has 0 aliphatic carbocycles. The number of nitrogens with zero attached hydrogens (tertiary/aromatic N) is 3. The van der Waals surface area contributed by atoms with Crippen LogP contribution in [0, 0.1) is 0 Å². The molecule has 1 aromatic rings. The van der Waals surface area contributed by atoms with E-state index in [1.165, 1.54) is 0 Å². The van der Waals surface area contributed by atoms with Gasteiger partial charge in [0.1, 0.15) is 0 Å². The molecule has 0 spiro atoms. The van der Waals surface area contributed by atoms with E-state index in [-0.39, 0.29) is 11.9 Å². The van der Waals surface area contributed by atoms with Crippen LogP contribution in [-0.2, 0) is 4.79 Å². The van der Waals surface area contributed by atoms with Crippen molar-refractivity contribution in [3.8, 4) is 5.88 Å². The van der Waals surface area contributed by atoms with Gasteiger partial charge in [0.05, 0.1) is 7.11 Å². The van der Waals surface area contributed by atoms with Gasteiger partial charge in [-0.1, -0.05) is 0 Å². The van der Waals surface area contributed by atoms with Crippen LogP contribution in [0.25, 0.3) is 0 Å². The van der Waals surface area contributed by atoms with E-state index in [2.05, 4.69) is 15.3 Å². The van der Waals surface area contributed by atoms with Crippen molar-refractivity contribution in [3.05, 3.63) is 12.4 Å². The molecule has 0 bridgehead atoms. The molecule has 1 aromatic heterocycles. The van der Waals surface area contributed by atoms with E-state index < -0.39 is 0 Å². The summed E-state index contributed by atoms with van der Waals surface area (Å²) in [5, 5.41) is 3.29. The number of likely N-dealkylation sites (tertiary alicyclic amines) is 1. The van der Waals surface area contributed by atoms with E-state index in [1.807, 2.05) is 4.90 Å². The van der Waals surface area contributed by atoms with Crippen LogP contribution in [0.1, 0.15) is 19.8 Å². The fourth-order valence-corrected chi connectivity index (χ4v) is 2.15. The number of hydrogen-bond acceptors (Lipinski definition) is 5. The van der Waals surface area contributed by atoms with Crippen LogP contribution in [0.2, 0.25) is 0 Å². The molecule has 1 atom stereocenters. The number of aromatic nitrogens is 2. The second-order valence-corrected chi connectivity index (χ2v) is 4.36. The van der Waals surface area contributed by atoms with Gasteiger partial charge < -0.3 is 15.0 Å². The van der Waals surface area contributed by atoms with Crippen molar-refractivity contribution in [3.63, 3.8) is 0 Å². The molecule has 0 saturated carbocycles. The molecule has 6 nitrogen and oxygen atoms in total. The van der Waals surface area contributed by atoms with Crippen LogP contribution >= 0.6 is 0 Å². The SMILES string of the molecule is COc1nccnc1N[C@@H]1CCCN(C(C)=O)C1. The monoisotopic (exact) mass is 250 g/mol. The smallest absolute Gasteiger partial charge is 0.257 e. The van der Waals surface area contributed by atoms with Gasteiger partial charge in [-0.05, 0) is 12.8 Å². The molecule has 0 radical (unpaired) electrons. The van der Waals surface area contributed by atoms with Crippen molar-refractivity contribution >= 4 is 11.7 Å². The molecule has 1 aliphatic heterocycles. The lowest BCUT2D eigenvalue weighted by Gasteiger charge is -2.32. The predicted octanol–water partition coefficient (Wildman–Crippen LogP) is 0.908. The van der Waals surface area contributed by atoms with Crippen molar-refractivity contribution < 1.29 is 9.53 Å². The Balaban J connectivity index is 2.02. The van der Waals surface area contributed by atoms with E-state index in [0.29, 0.717) is 18.2 Å². The fraction of sp³-hybridized carbons (Fsp3) is 0.583. The minimum Gasteiger partial charge on any atom is -0.478 e. The number of amides is 1. The zero-order valence-corrected chi connectivity index (χ0v) is 10.7. The van der Waals surface area contributed by atoms with Crippen molar-refractivity contribution in [2.45, 2.75) is 25.8 Å². The van der Waals surface area contributed by atoms with E-state index in [9.17, 15) is 4.79 Å². The minimum atomic E-state index is 0.118. The van der Waals surface area contributed by atoms with Gasteiger partial charge >= 0.3 is 0 Å². The molecular weight excluding hydrogens is 232 g/mol. The van der Waals surface area contributed by atoms with E-state index in [0.717, 1.165) is 19.4 Å². The number of rotatable bonds is 3. The summed E-state index contributed by atoms with van der Waals surface area (Å²) in [5.41, 5.74) is 0. The summed E-state index contributed by atoms with van der Waals surface area (Å²) < 4.78 is 5.14. The highest BCUT2D eigenvalue weighted by atomic mass is 16.5.